The lowest BCUT2D eigenvalue weighted by Crippen LogP contribution is -2.14. The first kappa shape index (κ1) is 23.9. The van der Waals surface area contributed by atoms with Crippen LogP contribution in [-0.2, 0) is 13.0 Å². The van der Waals surface area contributed by atoms with E-state index in [0.29, 0.717) is 0 Å². The largest absolute Gasteiger partial charge is 0.369 e. The van der Waals surface area contributed by atoms with Crippen LogP contribution in [-0.4, -0.2) is 30.0 Å². The molecule has 0 bridgehead atoms. The zero-order valence-corrected chi connectivity index (χ0v) is 18.3. The van der Waals surface area contributed by atoms with Gasteiger partial charge in [-0.2, -0.15) is 11.8 Å². The first-order chi connectivity index (χ1) is 13.7. The minimum absolute atomic E-state index is 0.989. The molecule has 0 unspecified atom stereocenters. The van der Waals surface area contributed by atoms with Gasteiger partial charge in [0.05, 0.1) is 0 Å². The third-order valence-corrected chi connectivity index (χ3v) is 5.61. The van der Waals surface area contributed by atoms with E-state index in [0.717, 1.165) is 19.5 Å². The Kier molecular flexibility index (Phi) is 11.9. The molecule has 3 heteroatoms. The van der Waals surface area contributed by atoms with E-state index < -0.39 is 0 Å². The van der Waals surface area contributed by atoms with Crippen LogP contribution in [0.3, 0.4) is 0 Å². The zero-order valence-electron chi connectivity index (χ0n) is 17.5. The van der Waals surface area contributed by atoms with Crippen molar-refractivity contribution < 1.29 is 0 Å². The van der Waals surface area contributed by atoms with E-state index in [4.69, 9.17) is 0 Å². The summed E-state index contributed by atoms with van der Waals surface area (Å²) in [5.74, 6) is 2.43. The molecule has 0 atom stereocenters. The SMILES string of the molecule is C#C.CCc1ccc(CN2C=C/C(=C/C=C(\C)C3=CCSCC3)C2)cc1.CN. The van der Waals surface area contributed by atoms with E-state index in [2.05, 4.69) is 92.1 Å². The second-order valence-electron chi connectivity index (χ2n) is 6.54. The summed E-state index contributed by atoms with van der Waals surface area (Å²) in [5, 5.41) is 0. The van der Waals surface area contributed by atoms with Crippen LogP contribution in [0.4, 0.5) is 0 Å². The Morgan fingerprint density at radius 2 is 1.86 bits per heavy atom. The summed E-state index contributed by atoms with van der Waals surface area (Å²) >= 11 is 2.03. The molecule has 1 aromatic rings. The highest BCUT2D eigenvalue weighted by Crippen LogP contribution is 2.23. The fourth-order valence-corrected chi connectivity index (χ4v) is 3.95. The molecule has 28 heavy (non-hydrogen) atoms. The highest BCUT2D eigenvalue weighted by Gasteiger charge is 2.10. The fraction of sp³-hybridized carbons (Fsp3) is 0.360. The molecule has 2 heterocycles. The molecule has 3 rings (SSSR count). The van der Waals surface area contributed by atoms with Crippen molar-refractivity contribution in [3.05, 3.63) is 82.6 Å². The Morgan fingerprint density at radius 3 is 2.46 bits per heavy atom. The molecule has 0 radical (unpaired) electrons. The summed E-state index contributed by atoms with van der Waals surface area (Å²) in [6, 6.07) is 9.00. The number of rotatable bonds is 5. The molecule has 0 amide bonds. The summed E-state index contributed by atoms with van der Waals surface area (Å²) in [7, 11) is 1.50. The van der Waals surface area contributed by atoms with Gasteiger partial charge in [0.2, 0.25) is 0 Å². The fourth-order valence-electron chi connectivity index (χ4n) is 3.10. The first-order valence-electron chi connectivity index (χ1n) is 9.80. The van der Waals surface area contributed by atoms with Crippen molar-refractivity contribution in [3.63, 3.8) is 0 Å². The minimum atomic E-state index is 0.989. The maximum atomic E-state index is 4.50. The van der Waals surface area contributed by atoms with Crippen LogP contribution in [0.5, 0.6) is 0 Å². The highest BCUT2D eigenvalue weighted by molar-refractivity contribution is 7.99. The molecular weight excluding hydrogens is 360 g/mol. The molecule has 0 aliphatic carbocycles. The molecular formula is C25H34N2S. The van der Waals surface area contributed by atoms with Crippen molar-refractivity contribution in [1.29, 1.82) is 0 Å². The van der Waals surface area contributed by atoms with Crippen molar-refractivity contribution in [3.8, 4) is 12.8 Å². The second kappa shape index (κ2) is 13.9. The maximum Gasteiger partial charge on any atom is 0.0428 e. The summed E-state index contributed by atoms with van der Waals surface area (Å²) in [6.07, 6.45) is 21.8. The smallest absolute Gasteiger partial charge is 0.0428 e. The van der Waals surface area contributed by atoms with Crippen LogP contribution in [0.1, 0.15) is 31.4 Å². The average molecular weight is 395 g/mol. The Labute approximate surface area is 176 Å². The van der Waals surface area contributed by atoms with Crippen LogP contribution in [0.15, 0.2) is 71.5 Å². The summed E-state index contributed by atoms with van der Waals surface area (Å²) < 4.78 is 0. The minimum Gasteiger partial charge on any atom is -0.369 e. The molecule has 0 spiro atoms. The van der Waals surface area contributed by atoms with Crippen LogP contribution < -0.4 is 5.73 Å². The summed E-state index contributed by atoms with van der Waals surface area (Å²) in [4.78, 5) is 2.38. The van der Waals surface area contributed by atoms with E-state index in [1.165, 1.54) is 52.8 Å². The van der Waals surface area contributed by atoms with Gasteiger partial charge in [-0.3, -0.25) is 0 Å². The normalized spacial score (nSPS) is 17.4. The van der Waals surface area contributed by atoms with Crippen LogP contribution in [0, 0.1) is 12.8 Å². The number of aryl methyl sites for hydroxylation is 1. The topological polar surface area (TPSA) is 29.3 Å². The third-order valence-electron chi connectivity index (χ3n) is 4.72. The number of hydrogen-bond acceptors (Lipinski definition) is 3. The van der Waals surface area contributed by atoms with E-state index in [9.17, 15) is 0 Å². The predicted octanol–water partition coefficient (Wildman–Crippen LogP) is 5.34. The van der Waals surface area contributed by atoms with E-state index >= 15 is 0 Å². The van der Waals surface area contributed by atoms with Gasteiger partial charge in [-0.15, -0.1) is 12.8 Å². The van der Waals surface area contributed by atoms with Crippen LogP contribution in [0.25, 0.3) is 0 Å². The quantitative estimate of drug-likeness (QED) is 0.684. The highest BCUT2D eigenvalue weighted by atomic mass is 32.2. The standard InChI is InChI=1S/C22H27NS.C2H2.CH5N/c1-3-19-6-8-20(9-7-19)16-23-13-10-21(17-23)5-4-18(2)22-11-14-24-15-12-22;2*1-2/h4-11,13H,3,12,14-17H2,1-2H3;1-2H;2H2,1H3/b18-4+,21-5-;;. The third kappa shape index (κ3) is 7.84. The van der Waals surface area contributed by atoms with Gasteiger partial charge < -0.3 is 10.6 Å². The van der Waals surface area contributed by atoms with Crippen LogP contribution >= 0.6 is 11.8 Å². The van der Waals surface area contributed by atoms with Gasteiger partial charge in [0.15, 0.2) is 0 Å². The Morgan fingerprint density at radius 1 is 1.18 bits per heavy atom. The van der Waals surface area contributed by atoms with Crippen molar-refractivity contribution >= 4 is 11.8 Å². The van der Waals surface area contributed by atoms with Gasteiger partial charge in [-0.1, -0.05) is 49.4 Å². The lowest BCUT2D eigenvalue weighted by atomic mass is 10.0. The Bertz CT molecular complexity index is 721. The van der Waals surface area contributed by atoms with Gasteiger partial charge in [0, 0.05) is 25.0 Å². The number of nitrogens with zero attached hydrogens (tertiary/aromatic N) is 1. The maximum absolute atomic E-state index is 4.50. The lowest BCUT2D eigenvalue weighted by Gasteiger charge is -2.16. The van der Waals surface area contributed by atoms with Gasteiger partial charge >= 0.3 is 0 Å². The van der Waals surface area contributed by atoms with Crippen molar-refractivity contribution in [2.45, 2.75) is 33.2 Å². The molecule has 0 saturated carbocycles. The van der Waals surface area contributed by atoms with Gasteiger partial charge in [-0.05, 0) is 66.5 Å². The number of hydrogen-bond donors (Lipinski definition) is 1. The molecule has 1 aromatic carbocycles. The molecule has 150 valence electrons. The summed E-state index contributed by atoms with van der Waals surface area (Å²) in [6.45, 7) is 6.44. The molecule has 2 aliphatic rings. The zero-order chi connectivity index (χ0) is 20.8. The molecule has 2 N–H and O–H groups in total. The van der Waals surface area contributed by atoms with Gasteiger partial charge in [0.25, 0.3) is 0 Å². The molecule has 2 nitrogen and oxygen atoms in total. The second-order valence-corrected chi connectivity index (χ2v) is 7.69. The van der Waals surface area contributed by atoms with Crippen LogP contribution in [0.2, 0.25) is 0 Å². The number of thioether (sulfide) groups is 1. The number of allylic oxidation sites excluding steroid dienone is 4. The molecule has 2 aliphatic heterocycles. The molecule has 0 aromatic heterocycles. The van der Waals surface area contributed by atoms with E-state index in [-0.39, 0.29) is 0 Å². The number of nitrogens with two attached hydrogens (primary N) is 1. The van der Waals surface area contributed by atoms with Gasteiger partial charge in [0.1, 0.15) is 0 Å². The number of terminal acetylenes is 1. The van der Waals surface area contributed by atoms with E-state index in [1.54, 1.807) is 0 Å². The Hall–Kier alpha value is -2.15. The molecule has 0 saturated heterocycles. The monoisotopic (exact) mass is 394 g/mol. The number of benzene rings is 1. The van der Waals surface area contributed by atoms with Gasteiger partial charge in [-0.25, -0.2) is 0 Å². The summed E-state index contributed by atoms with van der Waals surface area (Å²) in [5.41, 5.74) is 11.6. The van der Waals surface area contributed by atoms with Crippen molar-refractivity contribution in [1.82, 2.24) is 4.90 Å². The first-order valence-corrected chi connectivity index (χ1v) is 11.0. The van der Waals surface area contributed by atoms with Crippen molar-refractivity contribution in [2.75, 3.05) is 25.1 Å². The Balaban J connectivity index is 0.000000921. The predicted molar refractivity (Wildman–Crippen MR) is 127 cm³/mol. The average Bonchev–Trinajstić information content (AvgIpc) is 3.23. The van der Waals surface area contributed by atoms with E-state index in [1.807, 2.05) is 11.8 Å². The lowest BCUT2D eigenvalue weighted by molar-refractivity contribution is 0.419. The van der Waals surface area contributed by atoms with Crippen molar-refractivity contribution in [2.24, 2.45) is 5.73 Å². The molecule has 0 fully saturated rings.